The zero-order valence-electron chi connectivity index (χ0n) is 15.8. The van der Waals surface area contributed by atoms with Gasteiger partial charge in [0.15, 0.2) is 5.96 Å². The fraction of sp³-hybridized carbons (Fsp3) is 0.650. The van der Waals surface area contributed by atoms with Gasteiger partial charge in [-0.15, -0.1) is 24.0 Å². The molecule has 5 nitrogen and oxygen atoms in total. The third-order valence-electron chi connectivity index (χ3n) is 5.28. The Hall–Kier alpha value is -0.860. The van der Waals surface area contributed by atoms with Crippen molar-refractivity contribution < 1.29 is 5.11 Å². The van der Waals surface area contributed by atoms with Crippen LogP contribution >= 0.6 is 24.0 Å². The van der Waals surface area contributed by atoms with E-state index >= 15 is 0 Å². The molecule has 1 fully saturated rings. The summed E-state index contributed by atoms with van der Waals surface area (Å²) in [6.45, 7) is 6.94. The number of aliphatic hydroxyl groups excluding tert-OH is 1. The van der Waals surface area contributed by atoms with Gasteiger partial charge in [-0.2, -0.15) is 0 Å². The Morgan fingerprint density at radius 1 is 1.19 bits per heavy atom. The molecule has 0 saturated heterocycles. The van der Waals surface area contributed by atoms with Gasteiger partial charge in [0.05, 0.1) is 12.6 Å². The second-order valence-corrected chi connectivity index (χ2v) is 7.21. The third-order valence-corrected chi connectivity index (χ3v) is 5.28. The molecule has 1 aliphatic heterocycles. The summed E-state index contributed by atoms with van der Waals surface area (Å²) in [7, 11) is 0. The van der Waals surface area contributed by atoms with Crippen molar-refractivity contribution in [1.82, 2.24) is 15.5 Å². The van der Waals surface area contributed by atoms with Crippen LogP contribution in [0.2, 0.25) is 0 Å². The summed E-state index contributed by atoms with van der Waals surface area (Å²) in [5.41, 5.74) is 2.96. The molecule has 1 aliphatic carbocycles. The van der Waals surface area contributed by atoms with Crippen LogP contribution in [0.5, 0.6) is 0 Å². The second-order valence-electron chi connectivity index (χ2n) is 7.21. The van der Waals surface area contributed by atoms with Crippen molar-refractivity contribution in [3.63, 3.8) is 0 Å². The number of aliphatic hydroxyl groups is 1. The lowest BCUT2D eigenvalue weighted by Gasteiger charge is -2.29. The highest BCUT2D eigenvalue weighted by Crippen LogP contribution is 2.19. The molecular formula is C20H33IN4O. The predicted octanol–water partition coefficient (Wildman–Crippen LogP) is 2.52. The van der Waals surface area contributed by atoms with Crippen LogP contribution in [0.3, 0.4) is 0 Å². The van der Waals surface area contributed by atoms with E-state index in [0.717, 1.165) is 70.8 Å². The minimum atomic E-state index is -0.112. The smallest absolute Gasteiger partial charge is 0.191 e. The Morgan fingerprint density at radius 3 is 2.65 bits per heavy atom. The van der Waals surface area contributed by atoms with Gasteiger partial charge < -0.3 is 15.7 Å². The molecule has 3 N–H and O–H groups in total. The molecule has 2 aliphatic rings. The molecule has 1 saturated carbocycles. The molecule has 1 heterocycles. The van der Waals surface area contributed by atoms with Crippen molar-refractivity contribution in [2.75, 3.05) is 26.2 Å². The van der Waals surface area contributed by atoms with Gasteiger partial charge in [-0.3, -0.25) is 9.89 Å². The van der Waals surface area contributed by atoms with Crippen LogP contribution in [-0.2, 0) is 13.0 Å². The molecule has 0 bridgehead atoms. The van der Waals surface area contributed by atoms with Crippen molar-refractivity contribution in [2.24, 2.45) is 4.99 Å². The summed E-state index contributed by atoms with van der Waals surface area (Å²) in [4.78, 5) is 7.26. The van der Waals surface area contributed by atoms with Crippen LogP contribution in [0.25, 0.3) is 0 Å². The number of fused-ring (bicyclic) bond motifs is 1. The first-order valence-corrected chi connectivity index (χ1v) is 9.76. The van der Waals surface area contributed by atoms with E-state index in [0.29, 0.717) is 6.04 Å². The summed E-state index contributed by atoms with van der Waals surface area (Å²) >= 11 is 0. The molecule has 0 spiro atoms. The van der Waals surface area contributed by atoms with Crippen molar-refractivity contribution in [3.05, 3.63) is 35.4 Å². The van der Waals surface area contributed by atoms with Crippen molar-refractivity contribution in [1.29, 1.82) is 0 Å². The van der Waals surface area contributed by atoms with Crippen LogP contribution in [0.4, 0.5) is 0 Å². The summed E-state index contributed by atoms with van der Waals surface area (Å²) in [6, 6.07) is 9.20. The number of hydrogen-bond donors (Lipinski definition) is 3. The van der Waals surface area contributed by atoms with E-state index < -0.39 is 0 Å². The molecule has 1 aromatic rings. The summed E-state index contributed by atoms with van der Waals surface area (Å²) < 4.78 is 0. The first-order chi connectivity index (χ1) is 12.2. The molecule has 0 atom stereocenters. The van der Waals surface area contributed by atoms with Gasteiger partial charge in [-0.25, -0.2) is 0 Å². The Balaban J connectivity index is 0.00000243. The van der Waals surface area contributed by atoms with Crippen molar-refractivity contribution >= 4 is 29.9 Å². The molecule has 146 valence electrons. The van der Waals surface area contributed by atoms with Gasteiger partial charge in [0.25, 0.3) is 0 Å². The standard InChI is InChI=1S/C20H32N4O.HI/c1-2-21-20(23-18-7-9-19(25)10-8-18)22-12-14-24-13-11-16-5-3-4-6-17(16)15-24;/h3-6,18-19,25H,2,7-15H2,1H3,(H2,21,22,23);1H. The molecule has 0 unspecified atom stereocenters. The van der Waals surface area contributed by atoms with E-state index in [9.17, 15) is 5.11 Å². The number of halogens is 1. The lowest BCUT2D eigenvalue weighted by atomic mass is 9.93. The molecular weight excluding hydrogens is 439 g/mol. The number of aliphatic imine (C=N–C) groups is 1. The largest absolute Gasteiger partial charge is 0.393 e. The van der Waals surface area contributed by atoms with Gasteiger partial charge in [0, 0.05) is 32.2 Å². The van der Waals surface area contributed by atoms with Gasteiger partial charge in [0.1, 0.15) is 0 Å². The van der Waals surface area contributed by atoms with Crippen LogP contribution < -0.4 is 10.6 Å². The maximum atomic E-state index is 9.64. The first kappa shape index (κ1) is 21.4. The minimum Gasteiger partial charge on any atom is -0.393 e. The summed E-state index contributed by atoms with van der Waals surface area (Å²) in [6.07, 6.45) is 4.86. The molecule has 1 aromatic carbocycles. The van der Waals surface area contributed by atoms with Crippen molar-refractivity contribution in [2.45, 2.75) is 57.7 Å². The highest BCUT2D eigenvalue weighted by Gasteiger charge is 2.20. The molecule has 0 aromatic heterocycles. The fourth-order valence-electron chi connectivity index (χ4n) is 3.78. The third kappa shape index (κ3) is 6.39. The van der Waals surface area contributed by atoms with Crippen LogP contribution in [0.15, 0.2) is 29.3 Å². The van der Waals surface area contributed by atoms with Crippen LogP contribution in [0, 0.1) is 0 Å². The molecule has 3 rings (SSSR count). The minimum absolute atomic E-state index is 0. The maximum absolute atomic E-state index is 9.64. The Kier molecular flexibility index (Phi) is 9.15. The Morgan fingerprint density at radius 2 is 1.92 bits per heavy atom. The topological polar surface area (TPSA) is 59.9 Å². The van der Waals surface area contributed by atoms with E-state index in [1.807, 2.05) is 0 Å². The lowest BCUT2D eigenvalue weighted by molar-refractivity contribution is 0.120. The van der Waals surface area contributed by atoms with Gasteiger partial charge in [-0.05, 0) is 50.2 Å². The number of hydrogen-bond acceptors (Lipinski definition) is 3. The number of guanidine groups is 1. The quantitative estimate of drug-likeness (QED) is 0.350. The normalized spacial score (nSPS) is 23.7. The zero-order chi connectivity index (χ0) is 17.5. The summed E-state index contributed by atoms with van der Waals surface area (Å²) in [5.74, 6) is 0.918. The average Bonchev–Trinajstić information content (AvgIpc) is 2.63. The van der Waals surface area contributed by atoms with E-state index in [4.69, 9.17) is 4.99 Å². The van der Waals surface area contributed by atoms with E-state index in [1.54, 1.807) is 0 Å². The number of rotatable bonds is 5. The summed E-state index contributed by atoms with van der Waals surface area (Å²) in [5, 5.41) is 16.5. The monoisotopic (exact) mass is 472 g/mol. The van der Waals surface area contributed by atoms with Crippen molar-refractivity contribution in [3.8, 4) is 0 Å². The predicted molar refractivity (Wildman–Crippen MR) is 118 cm³/mol. The van der Waals surface area contributed by atoms with Gasteiger partial charge >= 0.3 is 0 Å². The van der Waals surface area contributed by atoms with Crippen LogP contribution in [0.1, 0.15) is 43.7 Å². The van der Waals surface area contributed by atoms with E-state index in [2.05, 4.69) is 46.7 Å². The zero-order valence-corrected chi connectivity index (χ0v) is 18.1. The van der Waals surface area contributed by atoms with Crippen LogP contribution in [-0.4, -0.2) is 54.3 Å². The molecule has 0 radical (unpaired) electrons. The molecule has 26 heavy (non-hydrogen) atoms. The van der Waals surface area contributed by atoms with Gasteiger partial charge in [-0.1, -0.05) is 24.3 Å². The Bertz CT molecular complexity index is 573. The SMILES string of the molecule is CCNC(=NCCN1CCc2ccccc2C1)NC1CCC(O)CC1.I. The average molecular weight is 472 g/mol. The first-order valence-electron chi connectivity index (χ1n) is 9.76. The molecule has 6 heteroatoms. The van der Waals surface area contributed by atoms with E-state index in [-0.39, 0.29) is 30.1 Å². The Labute approximate surface area is 174 Å². The number of nitrogens with zero attached hydrogens (tertiary/aromatic N) is 2. The fourth-order valence-corrected chi connectivity index (χ4v) is 3.78. The second kappa shape index (κ2) is 11.1. The number of benzene rings is 1. The molecule has 0 amide bonds. The van der Waals surface area contributed by atoms with E-state index in [1.165, 1.54) is 11.1 Å². The number of nitrogens with one attached hydrogen (secondary N) is 2. The maximum Gasteiger partial charge on any atom is 0.191 e. The highest BCUT2D eigenvalue weighted by molar-refractivity contribution is 14.0. The highest BCUT2D eigenvalue weighted by atomic mass is 127. The van der Waals surface area contributed by atoms with Gasteiger partial charge in [0.2, 0.25) is 0 Å². The lowest BCUT2D eigenvalue weighted by Crippen LogP contribution is -2.45.